The number of methoxy groups -OCH3 is 1. The number of halogens is 2. The molecule has 1 atom stereocenters. The van der Waals surface area contributed by atoms with E-state index in [1.165, 1.54) is 19.2 Å². The largest absolute Gasteiger partial charge is 0.496 e. The van der Waals surface area contributed by atoms with Crippen LogP contribution in [0.4, 0.5) is 8.78 Å². The minimum atomic E-state index is -0.918. The van der Waals surface area contributed by atoms with E-state index in [0.29, 0.717) is 11.3 Å². The minimum Gasteiger partial charge on any atom is -0.496 e. The molecule has 2 N–H and O–H groups in total. The van der Waals surface area contributed by atoms with Gasteiger partial charge in [-0.2, -0.15) is 0 Å². The van der Waals surface area contributed by atoms with Crippen molar-refractivity contribution in [3.8, 4) is 5.75 Å². The molecule has 0 aliphatic rings. The van der Waals surface area contributed by atoms with Crippen molar-refractivity contribution in [3.05, 3.63) is 64.7 Å². The van der Waals surface area contributed by atoms with E-state index in [2.05, 4.69) is 0 Å². The molecule has 2 rings (SSSR count). The Morgan fingerprint density at radius 3 is 2.53 bits per heavy atom. The van der Waals surface area contributed by atoms with Crippen LogP contribution in [0.1, 0.15) is 22.7 Å². The standard InChI is InChI=1S/C15H15F2NO/c1-9-6-7-13(19-2)11(8-9)15(18)10-4-3-5-12(16)14(10)17/h3-8,15H,18H2,1-2H3. The van der Waals surface area contributed by atoms with Gasteiger partial charge in [0, 0.05) is 11.1 Å². The zero-order valence-electron chi connectivity index (χ0n) is 10.8. The highest BCUT2D eigenvalue weighted by Crippen LogP contribution is 2.30. The Morgan fingerprint density at radius 1 is 1.11 bits per heavy atom. The maximum Gasteiger partial charge on any atom is 0.163 e. The number of ether oxygens (including phenoxy) is 1. The van der Waals surface area contributed by atoms with E-state index >= 15 is 0 Å². The third kappa shape index (κ3) is 2.58. The number of rotatable bonds is 3. The summed E-state index contributed by atoms with van der Waals surface area (Å²) < 4.78 is 32.3. The van der Waals surface area contributed by atoms with Crippen molar-refractivity contribution in [1.29, 1.82) is 0 Å². The summed E-state index contributed by atoms with van der Waals surface area (Å²) in [6, 6.07) is 8.66. The lowest BCUT2D eigenvalue weighted by atomic mass is 9.96. The molecule has 0 fully saturated rings. The molecule has 0 aromatic heterocycles. The Balaban J connectivity index is 2.52. The van der Waals surface area contributed by atoms with E-state index in [1.54, 1.807) is 6.07 Å². The number of nitrogens with two attached hydrogens (primary N) is 1. The fraction of sp³-hybridized carbons (Fsp3) is 0.200. The first-order chi connectivity index (χ1) is 9.04. The van der Waals surface area contributed by atoms with Gasteiger partial charge in [0.2, 0.25) is 0 Å². The SMILES string of the molecule is COc1ccc(C)cc1C(N)c1cccc(F)c1F. The summed E-state index contributed by atoms with van der Waals surface area (Å²) in [7, 11) is 1.52. The van der Waals surface area contributed by atoms with Gasteiger partial charge in [-0.25, -0.2) is 8.78 Å². The van der Waals surface area contributed by atoms with Gasteiger partial charge in [-0.3, -0.25) is 0 Å². The lowest BCUT2D eigenvalue weighted by molar-refractivity contribution is 0.406. The Hall–Kier alpha value is -1.94. The lowest BCUT2D eigenvalue weighted by Gasteiger charge is -2.17. The summed E-state index contributed by atoms with van der Waals surface area (Å²) >= 11 is 0. The van der Waals surface area contributed by atoms with Gasteiger partial charge in [0.05, 0.1) is 13.2 Å². The molecule has 0 aliphatic carbocycles. The fourth-order valence-electron chi connectivity index (χ4n) is 2.03. The molecule has 0 saturated carbocycles. The zero-order valence-corrected chi connectivity index (χ0v) is 10.8. The van der Waals surface area contributed by atoms with Gasteiger partial charge in [-0.1, -0.05) is 29.8 Å². The van der Waals surface area contributed by atoms with Crippen LogP contribution >= 0.6 is 0 Å². The molecule has 0 heterocycles. The second kappa shape index (κ2) is 5.36. The molecule has 1 unspecified atom stereocenters. The summed E-state index contributed by atoms with van der Waals surface area (Å²) in [6.07, 6.45) is 0. The highest BCUT2D eigenvalue weighted by molar-refractivity contribution is 5.43. The maximum absolute atomic E-state index is 13.8. The van der Waals surface area contributed by atoms with Crippen LogP contribution in [0.2, 0.25) is 0 Å². The van der Waals surface area contributed by atoms with Crippen molar-refractivity contribution in [1.82, 2.24) is 0 Å². The average Bonchev–Trinajstić information content (AvgIpc) is 2.41. The van der Waals surface area contributed by atoms with Gasteiger partial charge >= 0.3 is 0 Å². The van der Waals surface area contributed by atoms with Gasteiger partial charge in [0.1, 0.15) is 5.75 Å². The van der Waals surface area contributed by atoms with Crippen LogP contribution in [-0.2, 0) is 0 Å². The van der Waals surface area contributed by atoms with Gasteiger partial charge in [-0.05, 0) is 19.1 Å². The number of hydrogen-bond acceptors (Lipinski definition) is 2. The number of benzene rings is 2. The fourth-order valence-corrected chi connectivity index (χ4v) is 2.03. The van der Waals surface area contributed by atoms with E-state index in [4.69, 9.17) is 10.5 Å². The van der Waals surface area contributed by atoms with E-state index < -0.39 is 17.7 Å². The average molecular weight is 263 g/mol. The first-order valence-corrected chi connectivity index (χ1v) is 5.88. The van der Waals surface area contributed by atoms with Gasteiger partial charge < -0.3 is 10.5 Å². The van der Waals surface area contributed by atoms with Crippen LogP contribution in [0.15, 0.2) is 36.4 Å². The second-order valence-corrected chi connectivity index (χ2v) is 4.37. The Kier molecular flexibility index (Phi) is 3.81. The van der Waals surface area contributed by atoms with Gasteiger partial charge in [0.15, 0.2) is 11.6 Å². The minimum absolute atomic E-state index is 0.115. The molecule has 0 aliphatic heterocycles. The van der Waals surface area contributed by atoms with Crippen molar-refractivity contribution in [3.63, 3.8) is 0 Å². The molecule has 0 amide bonds. The third-order valence-corrected chi connectivity index (χ3v) is 3.04. The molecule has 0 radical (unpaired) electrons. The Bertz CT molecular complexity index is 599. The van der Waals surface area contributed by atoms with Crippen molar-refractivity contribution < 1.29 is 13.5 Å². The molecule has 2 nitrogen and oxygen atoms in total. The van der Waals surface area contributed by atoms with Crippen molar-refractivity contribution in [2.45, 2.75) is 13.0 Å². The summed E-state index contributed by atoms with van der Waals surface area (Å²) in [6.45, 7) is 1.90. The first kappa shape index (κ1) is 13.5. The molecule has 19 heavy (non-hydrogen) atoms. The predicted molar refractivity (Wildman–Crippen MR) is 70.1 cm³/mol. The quantitative estimate of drug-likeness (QED) is 0.921. The monoisotopic (exact) mass is 263 g/mol. The highest BCUT2D eigenvalue weighted by atomic mass is 19.2. The van der Waals surface area contributed by atoms with E-state index in [1.807, 2.05) is 19.1 Å². The molecular formula is C15H15F2NO. The van der Waals surface area contributed by atoms with Crippen LogP contribution in [0, 0.1) is 18.6 Å². The van der Waals surface area contributed by atoms with E-state index in [-0.39, 0.29) is 5.56 Å². The number of aryl methyl sites for hydroxylation is 1. The van der Waals surface area contributed by atoms with Crippen LogP contribution in [0.5, 0.6) is 5.75 Å². The summed E-state index contributed by atoms with van der Waals surface area (Å²) in [5, 5.41) is 0. The van der Waals surface area contributed by atoms with E-state index in [0.717, 1.165) is 11.6 Å². The normalized spacial score (nSPS) is 12.3. The topological polar surface area (TPSA) is 35.2 Å². The summed E-state index contributed by atoms with van der Waals surface area (Å²) in [5.74, 6) is -1.26. The molecular weight excluding hydrogens is 248 g/mol. The molecule has 0 saturated heterocycles. The van der Waals surface area contributed by atoms with Crippen molar-refractivity contribution in [2.75, 3.05) is 7.11 Å². The number of hydrogen-bond donors (Lipinski definition) is 1. The zero-order chi connectivity index (χ0) is 14.0. The van der Waals surface area contributed by atoms with E-state index in [9.17, 15) is 8.78 Å². The van der Waals surface area contributed by atoms with Crippen LogP contribution in [-0.4, -0.2) is 7.11 Å². The van der Waals surface area contributed by atoms with Crippen LogP contribution in [0.3, 0.4) is 0 Å². The van der Waals surface area contributed by atoms with Crippen molar-refractivity contribution >= 4 is 0 Å². The first-order valence-electron chi connectivity index (χ1n) is 5.88. The Labute approximate surface area is 110 Å². The van der Waals surface area contributed by atoms with Crippen LogP contribution < -0.4 is 10.5 Å². The molecule has 4 heteroatoms. The molecule has 0 bridgehead atoms. The molecule has 2 aromatic rings. The van der Waals surface area contributed by atoms with Gasteiger partial charge in [0.25, 0.3) is 0 Å². The smallest absolute Gasteiger partial charge is 0.163 e. The molecule has 0 spiro atoms. The predicted octanol–water partition coefficient (Wildman–Crippen LogP) is 3.33. The maximum atomic E-state index is 13.8. The molecule has 2 aromatic carbocycles. The van der Waals surface area contributed by atoms with Crippen LogP contribution in [0.25, 0.3) is 0 Å². The summed E-state index contributed by atoms with van der Waals surface area (Å²) in [4.78, 5) is 0. The van der Waals surface area contributed by atoms with Gasteiger partial charge in [-0.15, -0.1) is 0 Å². The lowest BCUT2D eigenvalue weighted by Crippen LogP contribution is -2.15. The highest BCUT2D eigenvalue weighted by Gasteiger charge is 2.19. The third-order valence-electron chi connectivity index (χ3n) is 3.04. The van der Waals surface area contributed by atoms with Crippen molar-refractivity contribution in [2.24, 2.45) is 5.73 Å². The summed E-state index contributed by atoms with van der Waals surface area (Å²) in [5.41, 5.74) is 7.77. The second-order valence-electron chi connectivity index (χ2n) is 4.37. The Morgan fingerprint density at radius 2 is 1.84 bits per heavy atom. The molecule has 100 valence electrons.